The predicted molar refractivity (Wildman–Crippen MR) is 92.2 cm³/mol. The number of aryl methyl sites for hydroxylation is 2. The molecule has 0 aliphatic carbocycles. The van der Waals surface area contributed by atoms with Crippen molar-refractivity contribution in [1.29, 1.82) is 0 Å². The van der Waals surface area contributed by atoms with Gasteiger partial charge in [0.15, 0.2) is 0 Å². The van der Waals surface area contributed by atoms with Crippen LogP contribution < -0.4 is 16.2 Å². The molecule has 0 bridgehead atoms. The van der Waals surface area contributed by atoms with Crippen molar-refractivity contribution in [3.63, 3.8) is 0 Å². The molecular weight excluding hydrogens is 308 g/mol. The standard InChI is InChI=1S/C17H26N4O3/c1-12(2)4-8-20-9-5-13(3)14(16(20)23)15(22)18-6-10-21-11-7-19-17(21)24/h5,9,12H,4,6-8,10-11H2,1-3H3,(H,18,22)(H,19,24). The predicted octanol–water partition coefficient (Wildman–Crippen LogP) is 0.958. The van der Waals surface area contributed by atoms with E-state index in [0.717, 1.165) is 6.42 Å². The van der Waals surface area contributed by atoms with Crippen molar-refractivity contribution in [2.24, 2.45) is 5.92 Å². The van der Waals surface area contributed by atoms with Crippen LogP contribution in [0.15, 0.2) is 17.1 Å². The Balaban J connectivity index is 2.01. The number of nitrogens with one attached hydrogen (secondary N) is 2. The number of pyridine rings is 1. The second kappa shape index (κ2) is 7.99. The maximum Gasteiger partial charge on any atom is 0.317 e. The molecule has 7 heteroatoms. The number of aromatic nitrogens is 1. The van der Waals surface area contributed by atoms with Gasteiger partial charge in [-0.25, -0.2) is 4.79 Å². The smallest absolute Gasteiger partial charge is 0.317 e. The molecule has 24 heavy (non-hydrogen) atoms. The maximum absolute atomic E-state index is 12.5. The van der Waals surface area contributed by atoms with Gasteiger partial charge in [0, 0.05) is 38.9 Å². The van der Waals surface area contributed by atoms with Crippen molar-refractivity contribution in [1.82, 2.24) is 20.1 Å². The molecule has 0 aromatic carbocycles. The zero-order chi connectivity index (χ0) is 17.7. The molecule has 1 aromatic rings. The summed E-state index contributed by atoms with van der Waals surface area (Å²) in [7, 11) is 0. The molecule has 0 spiro atoms. The van der Waals surface area contributed by atoms with Crippen LogP contribution >= 0.6 is 0 Å². The van der Waals surface area contributed by atoms with Crippen LogP contribution in [0.1, 0.15) is 36.2 Å². The molecule has 1 fully saturated rings. The molecule has 0 radical (unpaired) electrons. The van der Waals surface area contributed by atoms with Gasteiger partial charge >= 0.3 is 6.03 Å². The molecule has 2 heterocycles. The van der Waals surface area contributed by atoms with Gasteiger partial charge in [0.25, 0.3) is 11.5 Å². The van der Waals surface area contributed by atoms with E-state index in [2.05, 4.69) is 24.5 Å². The van der Waals surface area contributed by atoms with E-state index in [1.54, 1.807) is 28.7 Å². The highest BCUT2D eigenvalue weighted by Crippen LogP contribution is 2.05. The van der Waals surface area contributed by atoms with Crippen molar-refractivity contribution in [2.75, 3.05) is 26.2 Å². The molecule has 2 rings (SSSR count). The highest BCUT2D eigenvalue weighted by Gasteiger charge is 2.20. The number of hydrogen-bond acceptors (Lipinski definition) is 3. The van der Waals surface area contributed by atoms with E-state index in [9.17, 15) is 14.4 Å². The Kier molecular flexibility index (Phi) is 6.00. The minimum Gasteiger partial charge on any atom is -0.350 e. The Morgan fingerprint density at radius 1 is 1.33 bits per heavy atom. The van der Waals surface area contributed by atoms with Crippen molar-refractivity contribution in [2.45, 2.75) is 33.7 Å². The van der Waals surface area contributed by atoms with Gasteiger partial charge in [-0.05, 0) is 30.9 Å². The van der Waals surface area contributed by atoms with Crippen molar-refractivity contribution >= 4 is 11.9 Å². The zero-order valence-corrected chi connectivity index (χ0v) is 14.6. The highest BCUT2D eigenvalue weighted by molar-refractivity contribution is 5.95. The lowest BCUT2D eigenvalue weighted by atomic mass is 10.1. The van der Waals surface area contributed by atoms with E-state index < -0.39 is 0 Å². The molecule has 1 aromatic heterocycles. The summed E-state index contributed by atoms with van der Waals surface area (Å²) >= 11 is 0. The normalized spacial score (nSPS) is 14.2. The minimum absolute atomic E-state index is 0.115. The molecule has 1 aliphatic heterocycles. The Bertz CT molecular complexity index is 666. The molecule has 0 unspecified atom stereocenters. The van der Waals surface area contributed by atoms with E-state index in [1.807, 2.05) is 0 Å². The summed E-state index contributed by atoms with van der Waals surface area (Å²) in [6, 6.07) is 1.68. The number of urea groups is 1. The first kappa shape index (κ1) is 18.0. The van der Waals surface area contributed by atoms with E-state index in [4.69, 9.17) is 0 Å². The topological polar surface area (TPSA) is 83.4 Å². The molecule has 7 nitrogen and oxygen atoms in total. The molecular formula is C17H26N4O3. The van der Waals surface area contributed by atoms with Crippen molar-refractivity contribution in [3.05, 3.63) is 33.7 Å². The fraction of sp³-hybridized carbons (Fsp3) is 0.588. The van der Waals surface area contributed by atoms with Crippen LogP contribution in [0, 0.1) is 12.8 Å². The van der Waals surface area contributed by atoms with Crippen LogP contribution in [-0.2, 0) is 6.54 Å². The average molecular weight is 334 g/mol. The summed E-state index contributed by atoms with van der Waals surface area (Å²) in [5.41, 5.74) is 0.594. The summed E-state index contributed by atoms with van der Waals surface area (Å²) in [4.78, 5) is 38.0. The summed E-state index contributed by atoms with van der Waals surface area (Å²) in [6.07, 6.45) is 2.62. The van der Waals surface area contributed by atoms with E-state index in [-0.39, 0.29) is 23.1 Å². The highest BCUT2D eigenvalue weighted by atomic mass is 16.2. The molecule has 2 N–H and O–H groups in total. The van der Waals surface area contributed by atoms with Crippen molar-refractivity contribution < 1.29 is 9.59 Å². The number of hydrogen-bond donors (Lipinski definition) is 2. The third-order valence-electron chi connectivity index (χ3n) is 4.16. The largest absolute Gasteiger partial charge is 0.350 e. The second-order valence-corrected chi connectivity index (χ2v) is 6.53. The van der Waals surface area contributed by atoms with Crippen LogP contribution in [0.2, 0.25) is 0 Å². The lowest BCUT2D eigenvalue weighted by Crippen LogP contribution is -2.39. The van der Waals surface area contributed by atoms with E-state index in [0.29, 0.717) is 44.2 Å². The third-order valence-corrected chi connectivity index (χ3v) is 4.16. The Labute approximate surface area is 142 Å². The van der Waals surface area contributed by atoms with E-state index in [1.165, 1.54) is 0 Å². The Hall–Kier alpha value is -2.31. The SMILES string of the molecule is Cc1ccn(CCC(C)C)c(=O)c1C(=O)NCCN1CCNC1=O. The maximum atomic E-state index is 12.5. The average Bonchev–Trinajstić information content (AvgIpc) is 2.92. The van der Waals surface area contributed by atoms with Gasteiger partial charge in [0.05, 0.1) is 0 Å². The van der Waals surface area contributed by atoms with E-state index >= 15 is 0 Å². The monoisotopic (exact) mass is 334 g/mol. The Morgan fingerprint density at radius 2 is 2.08 bits per heavy atom. The van der Waals surface area contributed by atoms with Crippen LogP contribution in [0.5, 0.6) is 0 Å². The van der Waals surface area contributed by atoms with Gasteiger partial charge in [-0.15, -0.1) is 0 Å². The first-order valence-electron chi connectivity index (χ1n) is 8.41. The number of carbonyl (C=O) groups excluding carboxylic acids is 2. The summed E-state index contributed by atoms with van der Waals surface area (Å²) in [5.74, 6) is 0.109. The molecule has 1 aliphatic rings. The number of carbonyl (C=O) groups is 2. The number of amides is 3. The second-order valence-electron chi connectivity index (χ2n) is 6.53. The molecule has 0 atom stereocenters. The minimum atomic E-state index is -0.379. The fourth-order valence-electron chi connectivity index (χ4n) is 2.63. The fourth-order valence-corrected chi connectivity index (χ4v) is 2.63. The first-order chi connectivity index (χ1) is 11.4. The zero-order valence-electron chi connectivity index (χ0n) is 14.6. The first-order valence-corrected chi connectivity index (χ1v) is 8.41. The van der Waals surface area contributed by atoms with Crippen LogP contribution in [0.25, 0.3) is 0 Å². The van der Waals surface area contributed by atoms with Gasteiger partial charge in [-0.3, -0.25) is 9.59 Å². The lowest BCUT2D eigenvalue weighted by Gasteiger charge is -2.15. The lowest BCUT2D eigenvalue weighted by molar-refractivity contribution is 0.0947. The van der Waals surface area contributed by atoms with Gasteiger partial charge in [-0.1, -0.05) is 13.8 Å². The van der Waals surface area contributed by atoms with Crippen LogP contribution in [-0.4, -0.2) is 47.6 Å². The van der Waals surface area contributed by atoms with Gasteiger partial charge in [0.2, 0.25) is 0 Å². The summed E-state index contributed by atoms with van der Waals surface area (Å²) in [5, 5.41) is 5.46. The van der Waals surface area contributed by atoms with Gasteiger partial charge in [-0.2, -0.15) is 0 Å². The van der Waals surface area contributed by atoms with Crippen LogP contribution in [0.4, 0.5) is 4.79 Å². The van der Waals surface area contributed by atoms with Gasteiger partial charge < -0.3 is 20.1 Å². The Morgan fingerprint density at radius 3 is 2.71 bits per heavy atom. The summed E-state index contributed by atoms with van der Waals surface area (Å²) < 4.78 is 1.59. The van der Waals surface area contributed by atoms with Crippen molar-refractivity contribution in [3.8, 4) is 0 Å². The molecule has 1 saturated heterocycles. The number of rotatable bonds is 7. The number of nitrogens with zero attached hydrogens (tertiary/aromatic N) is 2. The molecule has 0 saturated carbocycles. The molecule has 3 amide bonds. The summed E-state index contributed by atoms with van der Waals surface area (Å²) in [6.45, 7) is 8.59. The van der Waals surface area contributed by atoms with Crippen LogP contribution in [0.3, 0.4) is 0 Å². The molecule has 132 valence electrons. The third kappa shape index (κ3) is 4.37. The van der Waals surface area contributed by atoms with Gasteiger partial charge in [0.1, 0.15) is 5.56 Å². The quantitative estimate of drug-likeness (QED) is 0.779.